The van der Waals surface area contributed by atoms with Gasteiger partial charge in [-0.25, -0.2) is 0 Å². The van der Waals surface area contributed by atoms with Crippen molar-refractivity contribution in [2.45, 2.75) is 43.9 Å². The van der Waals surface area contributed by atoms with Crippen LogP contribution in [0.4, 0.5) is 0 Å². The molecule has 0 bridgehead atoms. The summed E-state index contributed by atoms with van der Waals surface area (Å²) in [6.07, 6.45) is 8.82. The predicted octanol–water partition coefficient (Wildman–Crippen LogP) is 2.44. The fourth-order valence-electron chi connectivity index (χ4n) is 3.45. The highest BCUT2D eigenvalue weighted by molar-refractivity contribution is 5.07. The molecule has 20 heavy (non-hydrogen) atoms. The van der Waals surface area contributed by atoms with Crippen molar-refractivity contribution in [3.8, 4) is 0 Å². The molecule has 4 heteroatoms. The van der Waals surface area contributed by atoms with Crippen molar-refractivity contribution in [2.24, 2.45) is 5.92 Å². The second kappa shape index (κ2) is 5.17. The molecule has 1 spiro atoms. The summed E-state index contributed by atoms with van der Waals surface area (Å²) in [5.41, 5.74) is 1.30. The molecule has 1 aliphatic carbocycles. The molecular weight excluding hydrogens is 254 g/mol. The van der Waals surface area contributed by atoms with E-state index in [2.05, 4.69) is 4.90 Å². The summed E-state index contributed by atoms with van der Waals surface area (Å²) in [5.74, 6) is 0.840. The molecule has 3 fully saturated rings. The van der Waals surface area contributed by atoms with Crippen LogP contribution in [0.25, 0.3) is 0 Å². The summed E-state index contributed by atoms with van der Waals surface area (Å²) in [5, 5.41) is 0. The van der Waals surface area contributed by atoms with Crippen LogP contribution in [-0.2, 0) is 16.0 Å². The van der Waals surface area contributed by atoms with Crippen molar-refractivity contribution in [3.63, 3.8) is 0 Å². The Morgan fingerprint density at radius 1 is 1.40 bits per heavy atom. The van der Waals surface area contributed by atoms with Crippen LogP contribution in [0.2, 0.25) is 0 Å². The SMILES string of the molecule is c1cc(CN2CC[C@@]3(C[C@H](OCC4CC4)CO3)C2)co1. The van der Waals surface area contributed by atoms with Gasteiger partial charge in [-0.3, -0.25) is 4.90 Å². The third kappa shape index (κ3) is 2.78. The van der Waals surface area contributed by atoms with E-state index in [1.165, 1.54) is 18.4 Å². The van der Waals surface area contributed by atoms with Gasteiger partial charge in [-0.05, 0) is 31.2 Å². The van der Waals surface area contributed by atoms with Gasteiger partial charge in [-0.2, -0.15) is 0 Å². The lowest BCUT2D eigenvalue weighted by Gasteiger charge is -2.23. The molecule has 0 radical (unpaired) electrons. The third-order valence-corrected chi connectivity index (χ3v) is 4.82. The van der Waals surface area contributed by atoms with Crippen molar-refractivity contribution in [1.29, 1.82) is 0 Å². The van der Waals surface area contributed by atoms with Gasteiger partial charge in [0, 0.05) is 38.2 Å². The number of hydrogen-bond acceptors (Lipinski definition) is 4. The highest BCUT2D eigenvalue weighted by Crippen LogP contribution is 2.38. The molecule has 3 aliphatic rings. The van der Waals surface area contributed by atoms with E-state index in [-0.39, 0.29) is 5.60 Å². The van der Waals surface area contributed by atoms with E-state index < -0.39 is 0 Å². The zero-order valence-electron chi connectivity index (χ0n) is 11.9. The summed E-state index contributed by atoms with van der Waals surface area (Å²) in [6, 6.07) is 2.04. The van der Waals surface area contributed by atoms with Gasteiger partial charge in [0.15, 0.2) is 0 Å². The lowest BCUT2D eigenvalue weighted by molar-refractivity contribution is 0.000847. The highest BCUT2D eigenvalue weighted by Gasteiger charge is 2.46. The molecule has 0 amide bonds. The average Bonchev–Trinajstić information content (AvgIpc) is 2.87. The fraction of sp³-hybridized carbons (Fsp3) is 0.750. The first kappa shape index (κ1) is 12.9. The third-order valence-electron chi connectivity index (χ3n) is 4.82. The van der Waals surface area contributed by atoms with Crippen molar-refractivity contribution >= 4 is 0 Å². The lowest BCUT2D eigenvalue weighted by atomic mass is 9.98. The molecule has 0 aromatic carbocycles. The fourth-order valence-corrected chi connectivity index (χ4v) is 3.45. The van der Waals surface area contributed by atoms with Crippen LogP contribution in [0.15, 0.2) is 23.0 Å². The second-order valence-corrected chi connectivity index (χ2v) is 6.69. The van der Waals surface area contributed by atoms with Gasteiger partial charge in [0.1, 0.15) is 0 Å². The first-order valence-corrected chi connectivity index (χ1v) is 7.80. The Balaban J connectivity index is 1.28. The molecule has 2 aliphatic heterocycles. The predicted molar refractivity (Wildman–Crippen MR) is 74.4 cm³/mol. The molecule has 2 atom stereocenters. The average molecular weight is 277 g/mol. The standard InChI is InChI=1S/C16H23NO3/c1-2-13(1)10-19-15-7-16(20-11-15)4-5-17(12-16)8-14-3-6-18-9-14/h3,6,9,13,15H,1-2,4-5,7-8,10-12H2/t15-,16+/m0/s1. The van der Waals surface area contributed by atoms with Crippen LogP contribution >= 0.6 is 0 Å². The van der Waals surface area contributed by atoms with Gasteiger partial charge in [-0.15, -0.1) is 0 Å². The molecule has 0 unspecified atom stereocenters. The molecule has 3 heterocycles. The lowest BCUT2D eigenvalue weighted by Crippen LogP contribution is -2.32. The Morgan fingerprint density at radius 3 is 3.15 bits per heavy atom. The highest BCUT2D eigenvalue weighted by atomic mass is 16.6. The Kier molecular flexibility index (Phi) is 3.33. The van der Waals surface area contributed by atoms with Crippen molar-refractivity contribution < 1.29 is 13.9 Å². The molecule has 110 valence electrons. The van der Waals surface area contributed by atoms with Gasteiger partial charge in [0.05, 0.1) is 30.8 Å². The van der Waals surface area contributed by atoms with E-state index in [0.29, 0.717) is 6.10 Å². The van der Waals surface area contributed by atoms with Crippen LogP contribution in [0.3, 0.4) is 0 Å². The number of likely N-dealkylation sites (tertiary alicyclic amines) is 1. The van der Waals surface area contributed by atoms with E-state index in [1.807, 2.05) is 12.3 Å². The minimum absolute atomic E-state index is 0.0535. The summed E-state index contributed by atoms with van der Waals surface area (Å²) >= 11 is 0. The smallest absolute Gasteiger partial charge is 0.0947 e. The number of furan rings is 1. The van der Waals surface area contributed by atoms with Crippen molar-refractivity contribution in [1.82, 2.24) is 4.90 Å². The zero-order chi connectivity index (χ0) is 13.4. The molecule has 1 aromatic rings. The largest absolute Gasteiger partial charge is 0.472 e. The number of rotatable bonds is 5. The molecule has 1 saturated carbocycles. The number of ether oxygens (including phenoxy) is 2. The van der Waals surface area contributed by atoms with Crippen LogP contribution in [0, 0.1) is 5.92 Å². The second-order valence-electron chi connectivity index (χ2n) is 6.69. The summed E-state index contributed by atoms with van der Waals surface area (Å²) in [7, 11) is 0. The minimum atomic E-state index is 0.0535. The first-order chi connectivity index (χ1) is 9.81. The molecule has 4 rings (SSSR count). The maximum absolute atomic E-state index is 6.13. The summed E-state index contributed by atoms with van der Waals surface area (Å²) in [6.45, 7) is 4.84. The van der Waals surface area contributed by atoms with Gasteiger partial charge >= 0.3 is 0 Å². The van der Waals surface area contributed by atoms with Gasteiger partial charge in [0.25, 0.3) is 0 Å². The van der Waals surface area contributed by atoms with Gasteiger partial charge in [0.2, 0.25) is 0 Å². The zero-order valence-corrected chi connectivity index (χ0v) is 11.9. The Bertz CT molecular complexity index is 443. The van der Waals surface area contributed by atoms with E-state index in [4.69, 9.17) is 13.9 Å². The molecule has 0 N–H and O–H groups in total. The van der Waals surface area contributed by atoms with E-state index in [0.717, 1.165) is 51.6 Å². The maximum Gasteiger partial charge on any atom is 0.0947 e. The van der Waals surface area contributed by atoms with E-state index in [9.17, 15) is 0 Å². The van der Waals surface area contributed by atoms with Gasteiger partial charge in [-0.1, -0.05) is 0 Å². The van der Waals surface area contributed by atoms with E-state index >= 15 is 0 Å². The summed E-state index contributed by atoms with van der Waals surface area (Å²) in [4.78, 5) is 2.47. The van der Waals surface area contributed by atoms with Crippen molar-refractivity contribution in [2.75, 3.05) is 26.3 Å². The Morgan fingerprint density at radius 2 is 2.35 bits per heavy atom. The van der Waals surface area contributed by atoms with Crippen molar-refractivity contribution in [3.05, 3.63) is 24.2 Å². The van der Waals surface area contributed by atoms with Crippen LogP contribution < -0.4 is 0 Å². The maximum atomic E-state index is 6.13. The molecule has 2 saturated heterocycles. The monoisotopic (exact) mass is 277 g/mol. The number of nitrogens with zero attached hydrogens (tertiary/aromatic N) is 1. The molecular formula is C16H23NO3. The minimum Gasteiger partial charge on any atom is -0.472 e. The summed E-state index contributed by atoms with van der Waals surface area (Å²) < 4.78 is 17.3. The van der Waals surface area contributed by atoms with Crippen LogP contribution in [0.5, 0.6) is 0 Å². The Labute approximate surface area is 120 Å². The topological polar surface area (TPSA) is 34.8 Å². The molecule has 1 aromatic heterocycles. The molecule has 4 nitrogen and oxygen atoms in total. The van der Waals surface area contributed by atoms with Gasteiger partial charge < -0.3 is 13.9 Å². The van der Waals surface area contributed by atoms with Crippen LogP contribution in [0.1, 0.15) is 31.2 Å². The Hall–Kier alpha value is -0.840. The number of hydrogen-bond donors (Lipinski definition) is 0. The first-order valence-electron chi connectivity index (χ1n) is 7.80. The van der Waals surface area contributed by atoms with Crippen LogP contribution in [-0.4, -0.2) is 42.9 Å². The van der Waals surface area contributed by atoms with E-state index in [1.54, 1.807) is 6.26 Å². The quantitative estimate of drug-likeness (QED) is 0.828. The normalized spacial score (nSPS) is 34.3.